The van der Waals surface area contributed by atoms with Crippen molar-refractivity contribution in [3.63, 3.8) is 0 Å². The van der Waals surface area contributed by atoms with Crippen molar-refractivity contribution in [2.45, 2.75) is 34.6 Å². The molecule has 0 radical (unpaired) electrons. The molecular weight excluding hydrogens is 274 g/mol. The maximum atomic E-state index is 12.1. The van der Waals surface area contributed by atoms with Crippen molar-refractivity contribution in [1.82, 2.24) is 0 Å². The lowest BCUT2D eigenvalue weighted by Gasteiger charge is -2.13. The summed E-state index contributed by atoms with van der Waals surface area (Å²) in [6.45, 7) is 10.1. The molecule has 116 valence electrons. The Balaban J connectivity index is 2.03. The van der Waals surface area contributed by atoms with E-state index in [1.165, 1.54) is 5.56 Å². The van der Waals surface area contributed by atoms with E-state index in [4.69, 9.17) is 4.74 Å². The van der Waals surface area contributed by atoms with Crippen molar-refractivity contribution in [1.29, 1.82) is 0 Å². The van der Waals surface area contributed by atoms with E-state index in [-0.39, 0.29) is 12.5 Å². The van der Waals surface area contributed by atoms with Crippen LogP contribution in [0.25, 0.3) is 0 Å². The number of anilines is 1. The lowest BCUT2D eigenvalue weighted by atomic mass is 10.1. The van der Waals surface area contributed by atoms with Gasteiger partial charge in [0.15, 0.2) is 6.61 Å². The van der Waals surface area contributed by atoms with Crippen LogP contribution in [0.2, 0.25) is 0 Å². The number of nitrogens with one attached hydrogen (secondary N) is 1. The second-order valence-electron chi connectivity index (χ2n) is 5.86. The summed E-state index contributed by atoms with van der Waals surface area (Å²) in [5.74, 6) is 0.626. The summed E-state index contributed by atoms with van der Waals surface area (Å²) in [6.07, 6.45) is 0. The van der Waals surface area contributed by atoms with Gasteiger partial charge in [0.2, 0.25) is 0 Å². The third kappa shape index (κ3) is 3.88. The number of hydrogen-bond acceptors (Lipinski definition) is 2. The van der Waals surface area contributed by atoms with Crippen LogP contribution in [0.4, 0.5) is 5.69 Å². The Labute approximate surface area is 132 Å². The molecule has 0 aliphatic rings. The standard InChI is InChI=1S/C19H23NO2/c1-12-6-7-14(3)17(9-12)20-19(21)11-22-18-10-13(2)8-15(4)16(18)5/h6-10H,11H2,1-5H3,(H,20,21). The average molecular weight is 297 g/mol. The third-order valence-electron chi connectivity index (χ3n) is 3.79. The summed E-state index contributed by atoms with van der Waals surface area (Å²) < 4.78 is 5.69. The van der Waals surface area contributed by atoms with Gasteiger partial charge in [0, 0.05) is 5.69 Å². The van der Waals surface area contributed by atoms with Crippen molar-refractivity contribution < 1.29 is 9.53 Å². The summed E-state index contributed by atoms with van der Waals surface area (Å²) in [5.41, 5.74) is 6.38. The van der Waals surface area contributed by atoms with Gasteiger partial charge >= 0.3 is 0 Å². The largest absolute Gasteiger partial charge is 0.483 e. The quantitative estimate of drug-likeness (QED) is 0.916. The normalized spacial score (nSPS) is 10.4. The molecular formula is C19H23NO2. The number of aryl methyl sites for hydroxylation is 4. The zero-order chi connectivity index (χ0) is 16.3. The van der Waals surface area contributed by atoms with E-state index >= 15 is 0 Å². The smallest absolute Gasteiger partial charge is 0.262 e. The molecule has 2 rings (SSSR count). The van der Waals surface area contributed by atoms with Crippen LogP contribution in [0.3, 0.4) is 0 Å². The second kappa shape index (κ2) is 6.65. The van der Waals surface area contributed by atoms with E-state index in [2.05, 4.69) is 11.4 Å². The van der Waals surface area contributed by atoms with Crippen molar-refractivity contribution >= 4 is 11.6 Å². The van der Waals surface area contributed by atoms with Gasteiger partial charge in [0.05, 0.1) is 0 Å². The first kappa shape index (κ1) is 16.1. The molecule has 0 saturated carbocycles. The van der Waals surface area contributed by atoms with Crippen molar-refractivity contribution in [3.8, 4) is 5.75 Å². The molecule has 22 heavy (non-hydrogen) atoms. The molecule has 0 atom stereocenters. The molecule has 3 nitrogen and oxygen atoms in total. The van der Waals surface area contributed by atoms with Crippen LogP contribution in [0, 0.1) is 34.6 Å². The number of hydrogen-bond donors (Lipinski definition) is 1. The van der Waals surface area contributed by atoms with Crippen LogP contribution >= 0.6 is 0 Å². The Bertz CT molecular complexity index is 705. The summed E-state index contributed by atoms with van der Waals surface area (Å²) in [4.78, 5) is 12.1. The fourth-order valence-electron chi connectivity index (χ4n) is 2.35. The highest BCUT2D eigenvalue weighted by atomic mass is 16.5. The Morgan fingerprint density at radius 3 is 2.41 bits per heavy atom. The van der Waals surface area contributed by atoms with Gasteiger partial charge in [-0.15, -0.1) is 0 Å². The van der Waals surface area contributed by atoms with Gasteiger partial charge < -0.3 is 10.1 Å². The number of amides is 1. The van der Waals surface area contributed by atoms with E-state index in [1.807, 2.05) is 58.9 Å². The van der Waals surface area contributed by atoms with Gasteiger partial charge in [-0.05, 0) is 74.6 Å². The lowest BCUT2D eigenvalue weighted by Crippen LogP contribution is -2.21. The van der Waals surface area contributed by atoms with E-state index in [1.54, 1.807) is 0 Å². The number of ether oxygens (including phenoxy) is 1. The van der Waals surface area contributed by atoms with E-state index in [0.29, 0.717) is 0 Å². The number of carbonyl (C=O) groups is 1. The summed E-state index contributed by atoms with van der Waals surface area (Å²) >= 11 is 0. The van der Waals surface area contributed by atoms with E-state index in [0.717, 1.165) is 33.7 Å². The Hall–Kier alpha value is -2.29. The molecule has 2 aromatic carbocycles. The lowest BCUT2D eigenvalue weighted by molar-refractivity contribution is -0.118. The Kier molecular flexibility index (Phi) is 4.86. The highest BCUT2D eigenvalue weighted by Crippen LogP contribution is 2.23. The monoisotopic (exact) mass is 297 g/mol. The maximum Gasteiger partial charge on any atom is 0.262 e. The Morgan fingerprint density at radius 2 is 1.68 bits per heavy atom. The molecule has 3 heteroatoms. The Morgan fingerprint density at radius 1 is 0.955 bits per heavy atom. The van der Waals surface area contributed by atoms with Gasteiger partial charge in [-0.1, -0.05) is 18.2 Å². The highest BCUT2D eigenvalue weighted by molar-refractivity contribution is 5.92. The molecule has 0 unspecified atom stereocenters. The number of benzene rings is 2. The van der Waals surface area contributed by atoms with Crippen LogP contribution in [0.5, 0.6) is 5.75 Å². The number of carbonyl (C=O) groups excluding carboxylic acids is 1. The van der Waals surface area contributed by atoms with Crippen LogP contribution < -0.4 is 10.1 Å². The van der Waals surface area contributed by atoms with E-state index in [9.17, 15) is 4.79 Å². The second-order valence-corrected chi connectivity index (χ2v) is 5.86. The minimum Gasteiger partial charge on any atom is -0.483 e. The maximum absolute atomic E-state index is 12.1. The van der Waals surface area contributed by atoms with Crippen LogP contribution in [0.15, 0.2) is 30.3 Å². The molecule has 1 N–H and O–H groups in total. The van der Waals surface area contributed by atoms with Gasteiger partial charge in [0.1, 0.15) is 5.75 Å². The minimum atomic E-state index is -0.146. The zero-order valence-electron chi connectivity index (χ0n) is 13.9. The summed E-state index contributed by atoms with van der Waals surface area (Å²) in [5, 5.41) is 2.91. The fraction of sp³-hybridized carbons (Fsp3) is 0.316. The molecule has 0 saturated heterocycles. The first-order valence-electron chi connectivity index (χ1n) is 7.44. The van der Waals surface area contributed by atoms with Crippen molar-refractivity contribution in [2.24, 2.45) is 0 Å². The topological polar surface area (TPSA) is 38.3 Å². The molecule has 1 amide bonds. The zero-order valence-corrected chi connectivity index (χ0v) is 13.9. The van der Waals surface area contributed by atoms with Crippen molar-refractivity contribution in [2.75, 3.05) is 11.9 Å². The predicted molar refractivity (Wildman–Crippen MR) is 90.7 cm³/mol. The first-order valence-corrected chi connectivity index (χ1v) is 7.44. The number of rotatable bonds is 4. The van der Waals surface area contributed by atoms with Gasteiger partial charge in [-0.25, -0.2) is 0 Å². The minimum absolute atomic E-state index is 0.0110. The van der Waals surface area contributed by atoms with Crippen molar-refractivity contribution in [3.05, 3.63) is 58.1 Å². The fourth-order valence-corrected chi connectivity index (χ4v) is 2.35. The van der Waals surface area contributed by atoms with E-state index < -0.39 is 0 Å². The van der Waals surface area contributed by atoms with Gasteiger partial charge in [0.25, 0.3) is 5.91 Å². The average Bonchev–Trinajstić information content (AvgIpc) is 2.45. The molecule has 0 spiro atoms. The third-order valence-corrected chi connectivity index (χ3v) is 3.79. The first-order chi connectivity index (χ1) is 10.4. The molecule has 0 fully saturated rings. The van der Waals surface area contributed by atoms with Gasteiger partial charge in [-0.2, -0.15) is 0 Å². The molecule has 0 aromatic heterocycles. The van der Waals surface area contributed by atoms with Gasteiger partial charge in [-0.3, -0.25) is 4.79 Å². The highest BCUT2D eigenvalue weighted by Gasteiger charge is 2.09. The van der Waals surface area contributed by atoms with Crippen LogP contribution in [0.1, 0.15) is 27.8 Å². The predicted octanol–water partition coefficient (Wildman–Crippen LogP) is 4.25. The van der Waals surface area contributed by atoms with Crippen LogP contribution in [-0.2, 0) is 4.79 Å². The molecule has 0 bridgehead atoms. The SMILES string of the molecule is Cc1ccc(C)c(NC(=O)COc2cc(C)cc(C)c2C)c1. The molecule has 0 aliphatic heterocycles. The summed E-state index contributed by atoms with van der Waals surface area (Å²) in [6, 6.07) is 10.1. The van der Waals surface area contributed by atoms with Crippen LogP contribution in [-0.4, -0.2) is 12.5 Å². The molecule has 0 heterocycles. The molecule has 2 aromatic rings. The summed E-state index contributed by atoms with van der Waals surface area (Å²) in [7, 11) is 0. The molecule has 0 aliphatic carbocycles.